The second-order valence-corrected chi connectivity index (χ2v) is 9.04. The molecular formula is C32H24F2O5. The minimum absolute atomic E-state index is 0.0512. The van der Waals surface area contributed by atoms with Gasteiger partial charge in [0.1, 0.15) is 11.5 Å². The van der Waals surface area contributed by atoms with Crippen molar-refractivity contribution in [1.29, 1.82) is 0 Å². The summed E-state index contributed by atoms with van der Waals surface area (Å²) in [6.45, 7) is 0. The van der Waals surface area contributed by atoms with Crippen LogP contribution in [0, 0.1) is 11.6 Å². The Morgan fingerprint density at radius 3 is 2.00 bits per heavy atom. The third-order valence-electron chi connectivity index (χ3n) is 6.50. The highest BCUT2D eigenvalue weighted by Crippen LogP contribution is 2.34. The number of aryl methyl sites for hydroxylation is 1. The van der Waals surface area contributed by atoms with Crippen LogP contribution in [-0.2, 0) is 11.2 Å². The third-order valence-corrected chi connectivity index (χ3v) is 6.50. The molecule has 0 amide bonds. The molecule has 5 aromatic carbocycles. The molecule has 0 aromatic heterocycles. The zero-order chi connectivity index (χ0) is 27.5. The average Bonchev–Trinajstić information content (AvgIpc) is 2.95. The standard InChI is InChI=1S/C32H24F2O5/c1-38-25-11-8-21-17-23(5-4-22(21)18-25)27-13-12-26(31(33)32(27)34)20-6-9-24(10-7-20)39-30(37)15-3-19-2-14-28(35)29(36)16-19/h2,4-14,16-18,35-36H,3,15H2,1H3. The van der Waals surface area contributed by atoms with Crippen molar-refractivity contribution >= 4 is 16.7 Å². The molecule has 0 heterocycles. The zero-order valence-corrected chi connectivity index (χ0v) is 20.9. The minimum atomic E-state index is -0.968. The van der Waals surface area contributed by atoms with E-state index in [0.29, 0.717) is 28.9 Å². The smallest absolute Gasteiger partial charge is 0.311 e. The van der Waals surface area contributed by atoms with Crippen LogP contribution >= 0.6 is 0 Å². The number of phenolic OH excluding ortho intramolecular Hbond substituents is 2. The van der Waals surface area contributed by atoms with Crippen LogP contribution < -0.4 is 9.47 Å². The molecule has 39 heavy (non-hydrogen) atoms. The van der Waals surface area contributed by atoms with Crippen LogP contribution in [0.15, 0.2) is 91.0 Å². The van der Waals surface area contributed by atoms with E-state index in [2.05, 4.69) is 0 Å². The number of hydrogen-bond acceptors (Lipinski definition) is 5. The molecule has 0 aliphatic rings. The van der Waals surface area contributed by atoms with Crippen LogP contribution in [0.1, 0.15) is 12.0 Å². The van der Waals surface area contributed by atoms with Gasteiger partial charge in [0.2, 0.25) is 0 Å². The van der Waals surface area contributed by atoms with Gasteiger partial charge in [0, 0.05) is 17.5 Å². The molecule has 0 saturated carbocycles. The lowest BCUT2D eigenvalue weighted by Gasteiger charge is -2.11. The van der Waals surface area contributed by atoms with Crippen molar-refractivity contribution in [2.75, 3.05) is 7.11 Å². The minimum Gasteiger partial charge on any atom is -0.504 e. The predicted molar refractivity (Wildman–Crippen MR) is 145 cm³/mol. The number of halogens is 2. The van der Waals surface area contributed by atoms with Gasteiger partial charge in [-0.05, 0) is 76.3 Å². The van der Waals surface area contributed by atoms with Gasteiger partial charge in [-0.15, -0.1) is 0 Å². The Hall–Kier alpha value is -4.91. The van der Waals surface area contributed by atoms with Crippen LogP contribution in [0.25, 0.3) is 33.0 Å². The van der Waals surface area contributed by atoms with E-state index in [4.69, 9.17) is 9.47 Å². The number of fused-ring (bicyclic) bond motifs is 1. The summed E-state index contributed by atoms with van der Waals surface area (Å²) in [4.78, 5) is 12.2. The molecule has 0 aliphatic carbocycles. The van der Waals surface area contributed by atoms with Gasteiger partial charge in [0.25, 0.3) is 0 Å². The fourth-order valence-corrected chi connectivity index (χ4v) is 4.37. The van der Waals surface area contributed by atoms with E-state index in [1.807, 2.05) is 24.3 Å². The van der Waals surface area contributed by atoms with Crippen LogP contribution in [0.3, 0.4) is 0 Å². The van der Waals surface area contributed by atoms with Crippen LogP contribution in [0.2, 0.25) is 0 Å². The number of benzene rings is 5. The molecule has 0 unspecified atom stereocenters. The van der Waals surface area contributed by atoms with Crippen LogP contribution in [0.5, 0.6) is 23.0 Å². The van der Waals surface area contributed by atoms with Crippen molar-refractivity contribution in [2.45, 2.75) is 12.8 Å². The molecule has 196 valence electrons. The van der Waals surface area contributed by atoms with Crippen molar-refractivity contribution in [3.8, 4) is 45.3 Å². The Labute approximate surface area is 223 Å². The molecule has 7 heteroatoms. The van der Waals surface area contributed by atoms with E-state index in [0.717, 1.165) is 10.8 Å². The Bertz CT molecular complexity index is 1680. The van der Waals surface area contributed by atoms with E-state index in [-0.39, 0.29) is 34.8 Å². The summed E-state index contributed by atoms with van der Waals surface area (Å²) in [5.74, 6) is -1.92. The number of carbonyl (C=O) groups is 1. The molecule has 0 fully saturated rings. The molecule has 5 aromatic rings. The first-order valence-corrected chi connectivity index (χ1v) is 12.2. The first kappa shape index (κ1) is 25.7. The number of aromatic hydroxyl groups is 2. The summed E-state index contributed by atoms with van der Waals surface area (Å²) in [5, 5.41) is 20.7. The van der Waals surface area contributed by atoms with E-state index >= 15 is 8.78 Å². The van der Waals surface area contributed by atoms with E-state index in [9.17, 15) is 15.0 Å². The number of hydrogen-bond donors (Lipinski definition) is 2. The molecule has 0 saturated heterocycles. The van der Waals surface area contributed by atoms with Gasteiger partial charge < -0.3 is 19.7 Å². The molecule has 5 nitrogen and oxygen atoms in total. The number of phenols is 2. The summed E-state index contributed by atoms with van der Waals surface area (Å²) in [6.07, 6.45) is 0.364. The Balaban J connectivity index is 1.29. The largest absolute Gasteiger partial charge is 0.504 e. The predicted octanol–water partition coefficient (Wildman–Crippen LogP) is 7.41. The van der Waals surface area contributed by atoms with Gasteiger partial charge in [-0.2, -0.15) is 0 Å². The zero-order valence-electron chi connectivity index (χ0n) is 20.9. The van der Waals surface area contributed by atoms with Gasteiger partial charge in [0.15, 0.2) is 23.1 Å². The maximum atomic E-state index is 15.2. The summed E-state index contributed by atoms with van der Waals surface area (Å²) in [7, 11) is 1.59. The quantitative estimate of drug-likeness (QED) is 0.131. The highest BCUT2D eigenvalue weighted by atomic mass is 19.2. The number of rotatable bonds is 7. The normalized spacial score (nSPS) is 10.9. The fraction of sp³-hybridized carbons (Fsp3) is 0.0938. The monoisotopic (exact) mass is 526 g/mol. The highest BCUT2D eigenvalue weighted by molar-refractivity contribution is 5.88. The Kier molecular flexibility index (Phi) is 7.14. The summed E-state index contributed by atoms with van der Waals surface area (Å²) in [6, 6.07) is 24.5. The van der Waals surface area contributed by atoms with Gasteiger partial charge in [0.05, 0.1) is 7.11 Å². The average molecular weight is 527 g/mol. The van der Waals surface area contributed by atoms with Gasteiger partial charge in [-0.1, -0.05) is 48.5 Å². The number of methoxy groups -OCH3 is 1. The third kappa shape index (κ3) is 5.52. The molecule has 2 N–H and O–H groups in total. The lowest BCUT2D eigenvalue weighted by Crippen LogP contribution is -2.09. The first-order valence-electron chi connectivity index (χ1n) is 12.2. The molecule has 0 spiro atoms. The van der Waals surface area contributed by atoms with Gasteiger partial charge >= 0.3 is 5.97 Å². The van der Waals surface area contributed by atoms with Crippen molar-refractivity contribution in [3.05, 3.63) is 108 Å². The van der Waals surface area contributed by atoms with E-state index < -0.39 is 17.6 Å². The Morgan fingerprint density at radius 1 is 0.692 bits per heavy atom. The van der Waals surface area contributed by atoms with Crippen LogP contribution in [-0.4, -0.2) is 23.3 Å². The number of esters is 1. The molecule has 0 atom stereocenters. The Morgan fingerprint density at radius 2 is 1.31 bits per heavy atom. The highest BCUT2D eigenvalue weighted by Gasteiger charge is 2.17. The van der Waals surface area contributed by atoms with Crippen molar-refractivity contribution in [3.63, 3.8) is 0 Å². The molecule has 5 rings (SSSR count). The van der Waals surface area contributed by atoms with Gasteiger partial charge in [-0.3, -0.25) is 4.79 Å². The maximum absolute atomic E-state index is 15.2. The molecule has 0 bridgehead atoms. The van der Waals surface area contributed by atoms with Crippen molar-refractivity contribution in [1.82, 2.24) is 0 Å². The molecule has 0 radical (unpaired) electrons. The van der Waals surface area contributed by atoms with Gasteiger partial charge in [-0.25, -0.2) is 8.78 Å². The van der Waals surface area contributed by atoms with Crippen LogP contribution in [0.4, 0.5) is 8.78 Å². The molecule has 0 aliphatic heterocycles. The fourth-order valence-electron chi connectivity index (χ4n) is 4.37. The van der Waals surface area contributed by atoms with Crippen molar-refractivity contribution < 1.29 is 33.3 Å². The summed E-state index contributed by atoms with van der Waals surface area (Å²) < 4.78 is 40.9. The summed E-state index contributed by atoms with van der Waals surface area (Å²) >= 11 is 0. The van der Waals surface area contributed by atoms with E-state index in [1.165, 1.54) is 30.3 Å². The number of ether oxygens (including phenoxy) is 2. The second-order valence-electron chi connectivity index (χ2n) is 9.04. The lowest BCUT2D eigenvalue weighted by atomic mass is 9.97. The lowest BCUT2D eigenvalue weighted by molar-refractivity contribution is -0.134. The number of carbonyl (C=O) groups excluding carboxylic acids is 1. The summed E-state index contributed by atoms with van der Waals surface area (Å²) in [5.41, 5.74) is 1.90. The van der Waals surface area contributed by atoms with Crippen molar-refractivity contribution in [2.24, 2.45) is 0 Å². The SMILES string of the molecule is COc1ccc2cc(-c3ccc(-c4ccc(OC(=O)CCc5ccc(O)c(O)c5)cc4)c(F)c3F)ccc2c1. The van der Waals surface area contributed by atoms with E-state index in [1.54, 1.807) is 43.5 Å². The molecular weight excluding hydrogens is 502 g/mol. The topological polar surface area (TPSA) is 76.0 Å². The second kappa shape index (κ2) is 10.8. The first-order chi connectivity index (χ1) is 18.8. The maximum Gasteiger partial charge on any atom is 0.311 e.